The van der Waals surface area contributed by atoms with Crippen LogP contribution in [-0.2, 0) is 0 Å². The molecule has 0 radical (unpaired) electrons. The molecule has 0 aromatic rings. The Bertz CT molecular complexity index is 160. The van der Waals surface area contributed by atoms with Crippen LogP contribution in [-0.4, -0.2) is 25.0 Å². The van der Waals surface area contributed by atoms with Crippen molar-refractivity contribution in [3.63, 3.8) is 0 Å². The fourth-order valence-corrected chi connectivity index (χ4v) is 1.67. The molecule has 0 amide bonds. The maximum absolute atomic E-state index is 3.15. The summed E-state index contributed by atoms with van der Waals surface area (Å²) >= 11 is 2.12. The Morgan fingerprint density at radius 1 is 1.45 bits per heavy atom. The second-order valence-electron chi connectivity index (χ2n) is 3.22. The van der Waals surface area contributed by atoms with Crippen LogP contribution < -0.4 is 0 Å². The van der Waals surface area contributed by atoms with Gasteiger partial charge in [-0.3, -0.25) is 0 Å². The van der Waals surface area contributed by atoms with Gasteiger partial charge in [-0.1, -0.05) is 5.92 Å². The van der Waals surface area contributed by atoms with Crippen molar-refractivity contribution < 1.29 is 0 Å². The van der Waals surface area contributed by atoms with Crippen molar-refractivity contribution in [3.8, 4) is 9.85 Å². The van der Waals surface area contributed by atoms with Gasteiger partial charge < -0.3 is 4.90 Å². The van der Waals surface area contributed by atoms with E-state index in [4.69, 9.17) is 0 Å². The van der Waals surface area contributed by atoms with Crippen LogP contribution in [0.1, 0.15) is 19.3 Å². The first-order chi connectivity index (χ1) is 5.33. The molecular weight excluding hydrogens is 249 g/mol. The molecule has 2 heteroatoms. The maximum atomic E-state index is 3.15. The van der Waals surface area contributed by atoms with E-state index in [9.17, 15) is 0 Å². The topological polar surface area (TPSA) is 3.24 Å². The smallest absolute Gasteiger partial charge is 0.0181 e. The highest BCUT2D eigenvalue weighted by molar-refractivity contribution is 14.1. The van der Waals surface area contributed by atoms with Crippen LogP contribution in [0.15, 0.2) is 0 Å². The molecule has 1 rings (SSSR count). The first kappa shape index (κ1) is 9.34. The highest BCUT2D eigenvalue weighted by Crippen LogP contribution is 2.18. The van der Waals surface area contributed by atoms with E-state index in [1.165, 1.54) is 25.9 Å². The van der Waals surface area contributed by atoms with Crippen molar-refractivity contribution in [2.75, 3.05) is 20.1 Å². The third-order valence-corrected chi connectivity index (χ3v) is 2.68. The molecule has 0 N–H and O–H groups in total. The normalized spacial score (nSPS) is 20.9. The first-order valence-corrected chi connectivity index (χ1v) is 5.18. The zero-order valence-electron chi connectivity index (χ0n) is 6.94. The minimum Gasteiger partial charge on any atom is -0.306 e. The average Bonchev–Trinajstić information content (AvgIpc) is 2.04. The molecule has 1 fully saturated rings. The summed E-state index contributed by atoms with van der Waals surface area (Å²) in [4.78, 5) is 2.40. The summed E-state index contributed by atoms with van der Waals surface area (Å²) in [5.41, 5.74) is 0. The fourth-order valence-electron chi connectivity index (χ4n) is 1.45. The molecule has 0 unspecified atom stereocenters. The summed E-state index contributed by atoms with van der Waals surface area (Å²) in [6.07, 6.45) is 3.78. The van der Waals surface area contributed by atoms with Crippen LogP contribution in [0.2, 0.25) is 0 Å². The van der Waals surface area contributed by atoms with Gasteiger partial charge in [0.05, 0.1) is 0 Å². The highest BCUT2D eigenvalue weighted by Gasteiger charge is 2.14. The van der Waals surface area contributed by atoms with Crippen molar-refractivity contribution >= 4 is 22.6 Å². The molecule has 0 saturated carbocycles. The molecule has 11 heavy (non-hydrogen) atoms. The standard InChI is InChI=1S/C9H14IN/c1-11-7-4-9(5-8-11)3-2-6-10/h9H,3-5,7-8H2,1H3. The van der Waals surface area contributed by atoms with Crippen LogP contribution in [0.4, 0.5) is 0 Å². The van der Waals surface area contributed by atoms with Gasteiger partial charge in [0.2, 0.25) is 0 Å². The molecule has 1 saturated heterocycles. The number of piperidine rings is 1. The van der Waals surface area contributed by atoms with E-state index in [0.29, 0.717) is 0 Å². The Labute approximate surface area is 82.7 Å². The van der Waals surface area contributed by atoms with E-state index < -0.39 is 0 Å². The molecular formula is C9H14IN. The van der Waals surface area contributed by atoms with Crippen molar-refractivity contribution in [3.05, 3.63) is 0 Å². The third-order valence-electron chi connectivity index (χ3n) is 2.30. The van der Waals surface area contributed by atoms with Crippen LogP contribution >= 0.6 is 22.6 Å². The van der Waals surface area contributed by atoms with Gasteiger partial charge in [0.25, 0.3) is 0 Å². The van der Waals surface area contributed by atoms with Crippen LogP contribution in [0.3, 0.4) is 0 Å². The van der Waals surface area contributed by atoms with Gasteiger partial charge in [-0.05, 0) is 42.8 Å². The van der Waals surface area contributed by atoms with E-state index in [1.54, 1.807) is 0 Å². The summed E-state index contributed by atoms with van der Waals surface area (Å²) < 4.78 is 2.93. The molecule has 0 aliphatic carbocycles. The Kier molecular flexibility index (Phi) is 4.24. The number of halogens is 1. The lowest BCUT2D eigenvalue weighted by molar-refractivity contribution is 0.222. The first-order valence-electron chi connectivity index (χ1n) is 4.10. The van der Waals surface area contributed by atoms with E-state index in [-0.39, 0.29) is 0 Å². The summed E-state index contributed by atoms with van der Waals surface area (Å²) in [6.45, 7) is 2.52. The lowest BCUT2D eigenvalue weighted by Gasteiger charge is -2.27. The van der Waals surface area contributed by atoms with Gasteiger partial charge in [-0.2, -0.15) is 0 Å². The van der Waals surface area contributed by atoms with Crippen molar-refractivity contribution in [2.45, 2.75) is 19.3 Å². The monoisotopic (exact) mass is 263 g/mol. The molecule has 0 bridgehead atoms. The molecule has 0 spiro atoms. The number of rotatable bonds is 1. The Morgan fingerprint density at radius 2 is 2.09 bits per heavy atom. The number of likely N-dealkylation sites (tertiary alicyclic amines) is 1. The van der Waals surface area contributed by atoms with Gasteiger partial charge in [-0.25, -0.2) is 0 Å². The lowest BCUT2D eigenvalue weighted by Crippen LogP contribution is -2.29. The molecule has 0 atom stereocenters. The van der Waals surface area contributed by atoms with Crippen molar-refractivity contribution in [1.82, 2.24) is 4.90 Å². The van der Waals surface area contributed by atoms with Gasteiger partial charge in [0, 0.05) is 29.0 Å². The second kappa shape index (κ2) is 5.00. The molecule has 1 heterocycles. The van der Waals surface area contributed by atoms with Gasteiger partial charge in [0.1, 0.15) is 0 Å². The Balaban J connectivity index is 2.20. The predicted molar refractivity (Wildman–Crippen MR) is 56.6 cm³/mol. The quantitative estimate of drug-likeness (QED) is 0.517. The Morgan fingerprint density at radius 3 is 2.64 bits per heavy atom. The summed E-state index contributed by atoms with van der Waals surface area (Å²) in [6, 6.07) is 0. The SMILES string of the molecule is CN1CCC(CC#CI)CC1. The molecule has 1 aliphatic rings. The molecule has 1 aliphatic heterocycles. The van der Waals surface area contributed by atoms with Crippen LogP contribution in [0.25, 0.3) is 0 Å². The highest BCUT2D eigenvalue weighted by atomic mass is 127. The van der Waals surface area contributed by atoms with Crippen LogP contribution in [0.5, 0.6) is 0 Å². The van der Waals surface area contributed by atoms with Gasteiger partial charge in [-0.15, -0.1) is 0 Å². The largest absolute Gasteiger partial charge is 0.306 e. The molecule has 0 aromatic heterocycles. The van der Waals surface area contributed by atoms with E-state index >= 15 is 0 Å². The fraction of sp³-hybridized carbons (Fsp3) is 0.778. The minimum absolute atomic E-state index is 0.869. The summed E-state index contributed by atoms with van der Waals surface area (Å²) in [5.74, 6) is 4.02. The molecule has 62 valence electrons. The van der Waals surface area contributed by atoms with E-state index in [1.807, 2.05) is 0 Å². The van der Waals surface area contributed by atoms with E-state index in [0.717, 1.165) is 12.3 Å². The zero-order valence-corrected chi connectivity index (χ0v) is 9.10. The average molecular weight is 263 g/mol. The van der Waals surface area contributed by atoms with Gasteiger partial charge >= 0.3 is 0 Å². The maximum Gasteiger partial charge on any atom is 0.0181 e. The second-order valence-corrected chi connectivity index (χ2v) is 3.76. The zero-order chi connectivity index (χ0) is 8.10. The van der Waals surface area contributed by atoms with E-state index in [2.05, 4.69) is 44.4 Å². The lowest BCUT2D eigenvalue weighted by atomic mass is 9.94. The number of hydrogen-bond donors (Lipinski definition) is 0. The predicted octanol–water partition coefficient (Wildman–Crippen LogP) is 2.11. The van der Waals surface area contributed by atoms with Crippen LogP contribution in [0, 0.1) is 15.8 Å². The minimum atomic E-state index is 0.869. The number of hydrogen-bond acceptors (Lipinski definition) is 1. The van der Waals surface area contributed by atoms with Crippen molar-refractivity contribution in [2.24, 2.45) is 5.92 Å². The Hall–Kier alpha value is 0.250. The molecule has 1 nitrogen and oxygen atoms in total. The third kappa shape index (κ3) is 3.44. The van der Waals surface area contributed by atoms with Gasteiger partial charge in [0.15, 0.2) is 0 Å². The number of nitrogens with zero attached hydrogens (tertiary/aromatic N) is 1. The summed E-state index contributed by atoms with van der Waals surface area (Å²) in [7, 11) is 2.19. The van der Waals surface area contributed by atoms with Crippen molar-refractivity contribution in [1.29, 1.82) is 0 Å². The summed E-state index contributed by atoms with van der Waals surface area (Å²) in [5, 5.41) is 0. The molecule has 0 aromatic carbocycles.